The van der Waals surface area contributed by atoms with Crippen molar-refractivity contribution in [2.45, 2.75) is 37.2 Å². The van der Waals surface area contributed by atoms with E-state index in [0.29, 0.717) is 10.00 Å². The van der Waals surface area contributed by atoms with Crippen LogP contribution in [0.25, 0.3) is 0 Å². The summed E-state index contributed by atoms with van der Waals surface area (Å²) < 4.78 is 0.450. The Morgan fingerprint density at radius 1 is 1.30 bits per heavy atom. The number of benzene rings is 1. The largest absolute Gasteiger partial charge is 0.377 e. The highest BCUT2D eigenvalue weighted by atomic mass is 33.1. The first-order valence-electron chi connectivity index (χ1n) is 6.67. The first-order valence-corrected chi connectivity index (χ1v) is 11.7. The lowest BCUT2D eigenvalue weighted by atomic mass is 10.0. The van der Waals surface area contributed by atoms with Gasteiger partial charge in [0, 0.05) is 18.8 Å². The summed E-state index contributed by atoms with van der Waals surface area (Å²) in [5.41, 5.74) is 1.48. The van der Waals surface area contributed by atoms with Crippen molar-refractivity contribution in [3.8, 4) is 0 Å². The number of thioether (sulfide) groups is 1. The van der Waals surface area contributed by atoms with Crippen LogP contribution in [0.4, 0.5) is 0 Å². The summed E-state index contributed by atoms with van der Waals surface area (Å²) in [6.45, 7) is 6.60. The molecule has 2 atom stereocenters. The van der Waals surface area contributed by atoms with Crippen LogP contribution in [0.3, 0.4) is 0 Å². The maximum Gasteiger partial charge on any atom is 0.0414 e. The molecule has 1 saturated heterocycles. The first-order chi connectivity index (χ1) is 9.50. The van der Waals surface area contributed by atoms with E-state index in [2.05, 4.69) is 44.2 Å². The Bertz CT molecular complexity index is 331. The van der Waals surface area contributed by atoms with E-state index in [1.165, 1.54) is 12.0 Å². The summed E-state index contributed by atoms with van der Waals surface area (Å²) in [6.07, 6.45) is 6.27. The Morgan fingerprint density at radius 3 is 2.15 bits per heavy atom. The van der Waals surface area contributed by atoms with Crippen molar-refractivity contribution in [3.63, 3.8) is 0 Å². The van der Waals surface area contributed by atoms with Gasteiger partial charge in [0.15, 0.2) is 0 Å². The average molecular weight is 351 g/mol. The van der Waals surface area contributed by atoms with Crippen LogP contribution in [0.15, 0.2) is 30.3 Å². The lowest BCUT2D eigenvalue weighted by Crippen LogP contribution is -2.09. The van der Waals surface area contributed by atoms with Crippen LogP contribution in [0.2, 0.25) is 0 Å². The normalized spacial score (nSPS) is 20.0. The second kappa shape index (κ2) is 12.2. The van der Waals surface area contributed by atoms with E-state index in [1.54, 1.807) is 11.8 Å². The van der Waals surface area contributed by atoms with Gasteiger partial charge in [-0.1, -0.05) is 58.8 Å². The van der Waals surface area contributed by atoms with E-state index < -0.39 is 0 Å². The molecule has 0 aromatic heterocycles. The van der Waals surface area contributed by atoms with Gasteiger partial charge < -0.3 is 4.89 Å². The van der Waals surface area contributed by atoms with Crippen LogP contribution >= 0.6 is 42.2 Å². The molecule has 116 valence electrons. The summed E-state index contributed by atoms with van der Waals surface area (Å²) in [5.74, 6) is 0. The second-order valence-corrected chi connectivity index (χ2v) is 9.91. The first kappa shape index (κ1) is 20.7. The molecule has 0 amide bonds. The Kier molecular flexibility index (Phi) is 12.6. The molecular weight excluding hydrogens is 323 g/mol. The molecule has 0 spiro atoms. The highest BCUT2D eigenvalue weighted by molar-refractivity contribution is 8.77. The summed E-state index contributed by atoms with van der Waals surface area (Å²) in [4.78, 5) is 7.90. The van der Waals surface area contributed by atoms with Gasteiger partial charge in [0.05, 0.1) is 0 Å². The third-order valence-electron chi connectivity index (χ3n) is 2.40. The van der Waals surface area contributed by atoms with Crippen molar-refractivity contribution in [3.05, 3.63) is 35.9 Å². The van der Waals surface area contributed by atoms with Gasteiger partial charge in [-0.05, 0) is 44.5 Å². The summed E-state index contributed by atoms with van der Waals surface area (Å²) in [5, 5.41) is 0.696. The molecule has 0 aliphatic carbocycles. The van der Waals surface area contributed by atoms with Crippen molar-refractivity contribution in [2.24, 2.45) is 0 Å². The van der Waals surface area contributed by atoms with Gasteiger partial charge in [-0.2, -0.15) is 11.8 Å². The van der Waals surface area contributed by atoms with Gasteiger partial charge in [0.1, 0.15) is 0 Å². The van der Waals surface area contributed by atoms with Crippen LogP contribution < -0.4 is 0 Å². The summed E-state index contributed by atoms with van der Waals surface area (Å²) in [6, 6.07) is 10.8. The zero-order valence-corrected chi connectivity index (χ0v) is 16.5. The Labute approximate surface area is 138 Å². The predicted octanol–water partition coefficient (Wildman–Crippen LogP) is 5.86. The number of rotatable bonds is 2. The van der Waals surface area contributed by atoms with E-state index in [-0.39, 0.29) is 8.81 Å². The highest BCUT2D eigenvalue weighted by Crippen LogP contribution is 2.57. The standard InChI is InChI=1S/C11H14S2.C2H7OP.C2H6S/c1-11(2)8-10(12-13-11)9-6-4-3-5-7-9;1-2-4-3;1-3-2/h3-7,10H,8H2,1-2H3;3-4H,2H2,1H3;1-2H3. The molecule has 1 heterocycles. The van der Waals surface area contributed by atoms with E-state index in [0.717, 1.165) is 6.16 Å². The van der Waals surface area contributed by atoms with Crippen LogP contribution in [0.5, 0.6) is 0 Å². The zero-order chi connectivity index (χ0) is 15.4. The molecule has 2 rings (SSSR count). The van der Waals surface area contributed by atoms with Crippen molar-refractivity contribution >= 4 is 42.2 Å². The van der Waals surface area contributed by atoms with Gasteiger partial charge in [-0.3, -0.25) is 0 Å². The minimum atomic E-state index is 0.140. The zero-order valence-electron chi connectivity index (χ0n) is 13.1. The molecule has 0 radical (unpaired) electrons. The Balaban J connectivity index is 0.000000438. The SMILES string of the molecule is CC1(C)CC(c2ccccc2)SS1.CCPO.CSC. The molecule has 1 aliphatic heterocycles. The molecular formula is C15H27OPS3. The molecule has 5 heteroatoms. The maximum absolute atomic E-state index is 7.90. The molecule has 1 fully saturated rings. The molecule has 1 aliphatic rings. The molecule has 1 N–H and O–H groups in total. The maximum atomic E-state index is 7.90. The van der Waals surface area contributed by atoms with Gasteiger partial charge in [0.2, 0.25) is 0 Å². The molecule has 1 aromatic rings. The van der Waals surface area contributed by atoms with Crippen molar-refractivity contribution in [2.75, 3.05) is 18.7 Å². The fourth-order valence-electron chi connectivity index (χ4n) is 1.54. The minimum absolute atomic E-state index is 0.140. The van der Waals surface area contributed by atoms with Crippen molar-refractivity contribution in [1.82, 2.24) is 0 Å². The van der Waals surface area contributed by atoms with Gasteiger partial charge in [-0.15, -0.1) is 0 Å². The monoisotopic (exact) mass is 350 g/mol. The lowest BCUT2D eigenvalue weighted by Gasteiger charge is -2.14. The second-order valence-electron chi connectivity index (χ2n) is 4.96. The van der Waals surface area contributed by atoms with Crippen molar-refractivity contribution < 1.29 is 4.89 Å². The van der Waals surface area contributed by atoms with Gasteiger partial charge in [0.25, 0.3) is 0 Å². The van der Waals surface area contributed by atoms with Crippen molar-refractivity contribution in [1.29, 1.82) is 0 Å². The third kappa shape index (κ3) is 9.57. The Hall–Kier alpha value is 0.660. The van der Waals surface area contributed by atoms with Gasteiger partial charge in [-0.25, -0.2) is 0 Å². The molecule has 2 unspecified atom stereocenters. The van der Waals surface area contributed by atoms with E-state index in [1.807, 2.05) is 41.0 Å². The Morgan fingerprint density at radius 2 is 1.80 bits per heavy atom. The van der Waals surface area contributed by atoms with Crippen LogP contribution in [-0.2, 0) is 0 Å². The topological polar surface area (TPSA) is 20.2 Å². The fourth-order valence-corrected chi connectivity index (χ4v) is 4.89. The lowest BCUT2D eigenvalue weighted by molar-refractivity contribution is 0.645. The molecule has 0 bridgehead atoms. The predicted molar refractivity (Wildman–Crippen MR) is 104 cm³/mol. The molecule has 0 saturated carbocycles. The smallest absolute Gasteiger partial charge is 0.0414 e. The highest BCUT2D eigenvalue weighted by Gasteiger charge is 2.33. The quantitative estimate of drug-likeness (QED) is 0.532. The molecule has 1 aromatic carbocycles. The van der Waals surface area contributed by atoms with Crippen LogP contribution in [0, 0.1) is 0 Å². The average Bonchev–Trinajstić information content (AvgIpc) is 2.81. The fraction of sp³-hybridized carbons (Fsp3) is 0.600. The third-order valence-corrected chi connectivity index (χ3v) is 6.44. The van der Waals surface area contributed by atoms with E-state index in [4.69, 9.17) is 4.89 Å². The summed E-state index contributed by atoms with van der Waals surface area (Å²) in [7, 11) is 4.18. The van der Waals surface area contributed by atoms with E-state index in [9.17, 15) is 0 Å². The van der Waals surface area contributed by atoms with E-state index >= 15 is 0 Å². The minimum Gasteiger partial charge on any atom is -0.377 e. The number of hydrogen-bond donors (Lipinski definition) is 1. The molecule has 1 nitrogen and oxygen atoms in total. The van der Waals surface area contributed by atoms with Crippen LogP contribution in [0.1, 0.15) is 38.0 Å². The summed E-state index contributed by atoms with van der Waals surface area (Å²) >= 11 is 1.75. The van der Waals surface area contributed by atoms with Crippen LogP contribution in [-0.4, -0.2) is 28.3 Å². The molecule has 20 heavy (non-hydrogen) atoms. The van der Waals surface area contributed by atoms with Gasteiger partial charge >= 0.3 is 0 Å². The number of hydrogen-bond acceptors (Lipinski definition) is 4.